The van der Waals surface area contributed by atoms with E-state index in [0.29, 0.717) is 23.9 Å². The first-order valence-electron chi connectivity index (χ1n) is 12.4. The molecule has 0 unspecified atom stereocenters. The molecule has 1 aliphatic heterocycles. The number of rotatable bonds is 8. The number of hydrogen-bond donors (Lipinski definition) is 0. The number of benzene rings is 3. The third-order valence-electron chi connectivity index (χ3n) is 6.05. The van der Waals surface area contributed by atoms with E-state index in [1.165, 1.54) is 31.5 Å². The molecule has 1 aliphatic rings. The average Bonchev–Trinajstić information content (AvgIpc) is 3.32. The molecule has 5 rings (SSSR count). The van der Waals surface area contributed by atoms with Crippen molar-refractivity contribution >= 4 is 11.1 Å². The number of fused-ring (bicyclic) bond motifs is 1. The minimum absolute atomic E-state index is 0.246. The van der Waals surface area contributed by atoms with Crippen LogP contribution in [0.25, 0.3) is 11.1 Å². The summed E-state index contributed by atoms with van der Waals surface area (Å²) in [5.41, 5.74) is 2.98. The van der Waals surface area contributed by atoms with E-state index in [-0.39, 0.29) is 6.08 Å². The number of piperidine rings is 1. The van der Waals surface area contributed by atoms with Gasteiger partial charge in [-0.3, -0.25) is 0 Å². The van der Waals surface area contributed by atoms with E-state index >= 15 is 0 Å². The van der Waals surface area contributed by atoms with Crippen molar-refractivity contribution in [3.8, 4) is 17.6 Å². The smallest absolute Gasteiger partial charge is 0.400 e. The molecule has 0 N–H and O–H groups in total. The Morgan fingerprint density at radius 3 is 2.26 bits per heavy atom. The first-order valence-corrected chi connectivity index (χ1v) is 12.4. The highest BCUT2D eigenvalue weighted by molar-refractivity contribution is 5.72. The molecule has 178 valence electrons. The topological polar surface area (TPSA) is 47.7 Å². The SMILES string of the molecule is CC.c1ccc(C2CCN(CCCOc3ccc(Oc4nc5ccccc5o4)cc3)CC2)cc1. The number of aromatic nitrogens is 1. The Morgan fingerprint density at radius 2 is 1.53 bits per heavy atom. The van der Waals surface area contributed by atoms with Gasteiger partial charge in [-0.15, -0.1) is 0 Å². The van der Waals surface area contributed by atoms with Crippen LogP contribution >= 0.6 is 0 Å². The van der Waals surface area contributed by atoms with Gasteiger partial charge in [0.2, 0.25) is 0 Å². The monoisotopic (exact) mass is 458 g/mol. The summed E-state index contributed by atoms with van der Waals surface area (Å²) < 4.78 is 17.2. The maximum absolute atomic E-state index is 5.92. The molecule has 1 saturated heterocycles. The second-order valence-electron chi connectivity index (χ2n) is 8.25. The van der Waals surface area contributed by atoms with Crippen molar-refractivity contribution in [2.24, 2.45) is 0 Å². The van der Waals surface area contributed by atoms with Gasteiger partial charge in [0.1, 0.15) is 17.0 Å². The van der Waals surface area contributed by atoms with Gasteiger partial charge in [-0.1, -0.05) is 56.3 Å². The molecule has 1 fully saturated rings. The zero-order valence-electron chi connectivity index (χ0n) is 20.2. The second-order valence-corrected chi connectivity index (χ2v) is 8.25. The van der Waals surface area contributed by atoms with Crippen molar-refractivity contribution < 1.29 is 13.9 Å². The van der Waals surface area contributed by atoms with Gasteiger partial charge >= 0.3 is 6.08 Å². The molecular weight excluding hydrogens is 424 g/mol. The molecule has 5 heteroatoms. The summed E-state index contributed by atoms with van der Waals surface area (Å²) in [4.78, 5) is 6.89. The Hall–Kier alpha value is -3.31. The van der Waals surface area contributed by atoms with Crippen molar-refractivity contribution in [1.82, 2.24) is 9.88 Å². The van der Waals surface area contributed by atoms with Gasteiger partial charge in [0, 0.05) is 6.54 Å². The van der Waals surface area contributed by atoms with Crippen LogP contribution in [0.4, 0.5) is 0 Å². The van der Waals surface area contributed by atoms with Crippen LogP contribution in [0.2, 0.25) is 0 Å². The molecule has 0 aliphatic carbocycles. The lowest BCUT2D eigenvalue weighted by Crippen LogP contribution is -2.34. The lowest BCUT2D eigenvalue weighted by molar-refractivity contribution is 0.193. The average molecular weight is 459 g/mol. The van der Waals surface area contributed by atoms with E-state index in [1.807, 2.05) is 62.4 Å². The van der Waals surface area contributed by atoms with Crippen LogP contribution in [0.15, 0.2) is 83.3 Å². The summed E-state index contributed by atoms with van der Waals surface area (Å²) in [6, 6.07) is 26.1. The minimum atomic E-state index is 0.246. The molecule has 0 amide bonds. The predicted molar refractivity (Wildman–Crippen MR) is 137 cm³/mol. The van der Waals surface area contributed by atoms with E-state index in [4.69, 9.17) is 13.9 Å². The van der Waals surface area contributed by atoms with Crippen molar-refractivity contribution in [2.75, 3.05) is 26.2 Å². The first-order chi connectivity index (χ1) is 16.8. The highest BCUT2D eigenvalue weighted by atomic mass is 16.6. The molecule has 0 spiro atoms. The number of para-hydroxylation sites is 2. The first kappa shape index (κ1) is 23.8. The highest BCUT2D eigenvalue weighted by Crippen LogP contribution is 2.28. The Bertz CT molecular complexity index is 1080. The summed E-state index contributed by atoms with van der Waals surface area (Å²) >= 11 is 0. The molecule has 0 bridgehead atoms. The summed E-state index contributed by atoms with van der Waals surface area (Å²) in [6.07, 6.45) is 3.76. The molecule has 0 radical (unpaired) electrons. The van der Waals surface area contributed by atoms with Crippen molar-refractivity contribution in [1.29, 1.82) is 0 Å². The van der Waals surface area contributed by atoms with Gasteiger partial charge in [0.25, 0.3) is 0 Å². The second kappa shape index (κ2) is 12.2. The van der Waals surface area contributed by atoms with Crippen LogP contribution < -0.4 is 9.47 Å². The third kappa shape index (κ3) is 6.39. The lowest BCUT2D eigenvalue weighted by atomic mass is 9.89. The van der Waals surface area contributed by atoms with Crippen LogP contribution in [-0.4, -0.2) is 36.1 Å². The van der Waals surface area contributed by atoms with Gasteiger partial charge < -0.3 is 18.8 Å². The Kier molecular flexibility index (Phi) is 8.58. The van der Waals surface area contributed by atoms with Crippen LogP contribution in [-0.2, 0) is 0 Å². The quantitative estimate of drug-likeness (QED) is 0.259. The molecule has 0 atom stereocenters. The maximum Gasteiger partial charge on any atom is 0.400 e. The van der Waals surface area contributed by atoms with Crippen molar-refractivity contribution in [3.05, 3.63) is 84.4 Å². The van der Waals surface area contributed by atoms with Gasteiger partial charge in [-0.05, 0) is 80.2 Å². The molecule has 0 saturated carbocycles. The van der Waals surface area contributed by atoms with Gasteiger partial charge in [-0.25, -0.2) is 0 Å². The standard InChI is InChI=1S/C27H28N2O3.C2H6/c1-2-7-21(8-3-1)22-15-18-29(19-16-22)17-6-20-30-23-11-13-24(14-12-23)31-27-28-25-9-4-5-10-26(25)32-27;1-2/h1-5,7-14,22H,6,15-20H2;1-2H3. The zero-order valence-corrected chi connectivity index (χ0v) is 20.2. The van der Waals surface area contributed by atoms with Crippen molar-refractivity contribution in [2.45, 2.75) is 39.0 Å². The summed E-state index contributed by atoms with van der Waals surface area (Å²) in [5, 5.41) is 0. The van der Waals surface area contributed by atoms with E-state index in [9.17, 15) is 0 Å². The summed E-state index contributed by atoms with van der Waals surface area (Å²) in [6.45, 7) is 8.13. The Labute approximate surface area is 202 Å². The van der Waals surface area contributed by atoms with Crippen LogP contribution in [0.5, 0.6) is 17.6 Å². The lowest BCUT2D eigenvalue weighted by Gasteiger charge is -2.32. The fourth-order valence-corrected chi connectivity index (χ4v) is 4.29. The van der Waals surface area contributed by atoms with E-state index < -0.39 is 0 Å². The fraction of sp³-hybridized carbons (Fsp3) is 0.345. The number of hydrogen-bond acceptors (Lipinski definition) is 5. The van der Waals surface area contributed by atoms with E-state index in [0.717, 1.165) is 24.2 Å². The number of ether oxygens (including phenoxy) is 2. The van der Waals surface area contributed by atoms with Gasteiger partial charge in [0.15, 0.2) is 5.58 Å². The molecule has 3 aromatic carbocycles. The number of likely N-dealkylation sites (tertiary alicyclic amines) is 1. The minimum Gasteiger partial charge on any atom is -0.494 e. The molecule has 4 aromatic rings. The van der Waals surface area contributed by atoms with Crippen LogP contribution in [0.3, 0.4) is 0 Å². The highest BCUT2D eigenvalue weighted by Gasteiger charge is 2.19. The number of oxazole rings is 1. The zero-order chi connectivity index (χ0) is 23.6. The van der Waals surface area contributed by atoms with Crippen LogP contribution in [0, 0.1) is 0 Å². The van der Waals surface area contributed by atoms with Gasteiger partial charge in [0.05, 0.1) is 6.61 Å². The van der Waals surface area contributed by atoms with E-state index in [2.05, 4.69) is 40.2 Å². The third-order valence-corrected chi connectivity index (χ3v) is 6.05. The Balaban J connectivity index is 0.00000133. The van der Waals surface area contributed by atoms with E-state index in [1.54, 1.807) is 0 Å². The molecular formula is C29H34N2O3. The molecule has 1 aromatic heterocycles. The largest absolute Gasteiger partial charge is 0.494 e. The van der Waals surface area contributed by atoms with Crippen LogP contribution in [0.1, 0.15) is 44.6 Å². The molecule has 5 nitrogen and oxygen atoms in total. The maximum atomic E-state index is 5.92. The number of nitrogens with zero attached hydrogens (tertiary/aromatic N) is 2. The summed E-state index contributed by atoms with van der Waals surface area (Å²) in [5.74, 6) is 2.22. The normalized spacial score (nSPS) is 14.4. The predicted octanol–water partition coefficient (Wildman–Crippen LogP) is 7.29. The Morgan fingerprint density at radius 1 is 0.853 bits per heavy atom. The molecule has 34 heavy (non-hydrogen) atoms. The van der Waals surface area contributed by atoms with Gasteiger partial charge in [-0.2, -0.15) is 4.98 Å². The van der Waals surface area contributed by atoms with Crippen molar-refractivity contribution in [3.63, 3.8) is 0 Å². The molecule has 2 heterocycles. The summed E-state index contributed by atoms with van der Waals surface area (Å²) in [7, 11) is 0. The fourth-order valence-electron chi connectivity index (χ4n) is 4.29.